The van der Waals surface area contributed by atoms with E-state index in [0.29, 0.717) is 17.1 Å². The summed E-state index contributed by atoms with van der Waals surface area (Å²) in [4.78, 5) is 13.6. The Kier molecular flexibility index (Phi) is 6.18. The Morgan fingerprint density at radius 3 is 2.65 bits per heavy atom. The molecular formula is C20H20N3OS2+. The molecule has 0 aliphatic heterocycles. The molecule has 6 heteroatoms. The zero-order chi connectivity index (χ0) is 18.4. The third-order valence-corrected chi connectivity index (χ3v) is 5.96. The number of benzene rings is 1. The number of hydrogen-bond acceptors (Lipinski definition) is 4. The van der Waals surface area contributed by atoms with E-state index in [1.807, 2.05) is 16.8 Å². The number of anilines is 1. The Bertz CT molecular complexity index is 892. The zero-order valence-corrected chi connectivity index (χ0v) is 16.1. The number of rotatable bonds is 7. The van der Waals surface area contributed by atoms with E-state index in [9.17, 15) is 4.79 Å². The average Bonchev–Trinajstić information content (AvgIpc) is 3.34. The van der Waals surface area contributed by atoms with Crippen molar-refractivity contribution in [2.75, 3.05) is 11.9 Å². The number of nitrogens with zero attached hydrogens (tertiary/aromatic N) is 1. The number of nitrogens with two attached hydrogens (primary N) is 1. The van der Waals surface area contributed by atoms with E-state index in [4.69, 9.17) is 5.26 Å². The molecule has 1 aromatic carbocycles. The molecule has 0 fully saturated rings. The number of nitriles is 1. The summed E-state index contributed by atoms with van der Waals surface area (Å²) < 4.78 is 0. The van der Waals surface area contributed by atoms with Crippen molar-refractivity contribution in [1.82, 2.24) is 0 Å². The van der Waals surface area contributed by atoms with Gasteiger partial charge in [0.25, 0.3) is 5.91 Å². The highest BCUT2D eigenvalue weighted by molar-refractivity contribution is 7.14. The van der Waals surface area contributed by atoms with Gasteiger partial charge in [0.15, 0.2) is 6.54 Å². The van der Waals surface area contributed by atoms with Crippen molar-refractivity contribution in [3.8, 4) is 6.07 Å². The van der Waals surface area contributed by atoms with Crippen LogP contribution in [0.4, 0.5) is 5.00 Å². The van der Waals surface area contributed by atoms with E-state index >= 15 is 0 Å². The molecule has 0 saturated carbocycles. The Hall–Kier alpha value is -2.46. The fourth-order valence-electron chi connectivity index (χ4n) is 2.74. The van der Waals surface area contributed by atoms with E-state index in [1.165, 1.54) is 27.3 Å². The van der Waals surface area contributed by atoms with Crippen molar-refractivity contribution in [2.45, 2.75) is 19.4 Å². The van der Waals surface area contributed by atoms with Crippen LogP contribution >= 0.6 is 22.7 Å². The third kappa shape index (κ3) is 4.38. The minimum atomic E-state index is -0.101. The maximum Gasteiger partial charge on any atom is 0.280 e. The van der Waals surface area contributed by atoms with Crippen LogP contribution in [0.5, 0.6) is 0 Å². The second-order valence-corrected chi connectivity index (χ2v) is 7.75. The van der Waals surface area contributed by atoms with E-state index in [0.717, 1.165) is 6.42 Å². The SMILES string of the molecule is CCc1ccc([C@@H]([NH2+]CC(=O)Nc2sccc2C#N)c2cccs2)cc1. The molecule has 26 heavy (non-hydrogen) atoms. The molecule has 2 aromatic heterocycles. The van der Waals surface area contributed by atoms with E-state index in [2.05, 4.69) is 54.0 Å². The van der Waals surface area contributed by atoms with Gasteiger partial charge < -0.3 is 10.6 Å². The van der Waals surface area contributed by atoms with E-state index in [1.54, 1.807) is 17.4 Å². The molecule has 0 aliphatic rings. The van der Waals surface area contributed by atoms with Crippen molar-refractivity contribution in [2.24, 2.45) is 0 Å². The largest absolute Gasteiger partial charge is 0.328 e. The number of carbonyl (C=O) groups excluding carboxylic acids is 1. The van der Waals surface area contributed by atoms with Gasteiger partial charge in [-0.2, -0.15) is 5.26 Å². The van der Waals surface area contributed by atoms with Gasteiger partial charge in [-0.3, -0.25) is 4.79 Å². The van der Waals surface area contributed by atoms with Gasteiger partial charge in [-0.05, 0) is 34.9 Å². The fraction of sp³-hybridized carbons (Fsp3) is 0.200. The first-order chi connectivity index (χ1) is 12.7. The van der Waals surface area contributed by atoms with Gasteiger partial charge in [0.1, 0.15) is 17.1 Å². The average molecular weight is 383 g/mol. The van der Waals surface area contributed by atoms with Crippen LogP contribution in [0.3, 0.4) is 0 Å². The summed E-state index contributed by atoms with van der Waals surface area (Å²) in [6.45, 7) is 2.43. The van der Waals surface area contributed by atoms with E-state index < -0.39 is 0 Å². The quantitative estimate of drug-likeness (QED) is 0.656. The van der Waals surface area contributed by atoms with Crippen LogP contribution in [0.1, 0.15) is 34.5 Å². The van der Waals surface area contributed by atoms with Crippen molar-refractivity contribution in [3.05, 3.63) is 74.8 Å². The van der Waals surface area contributed by atoms with Crippen LogP contribution < -0.4 is 10.6 Å². The molecule has 2 heterocycles. The summed E-state index contributed by atoms with van der Waals surface area (Å²) >= 11 is 3.06. The highest BCUT2D eigenvalue weighted by Crippen LogP contribution is 2.24. The minimum absolute atomic E-state index is 0.0884. The number of hydrogen-bond donors (Lipinski definition) is 2. The van der Waals surface area contributed by atoms with Crippen molar-refractivity contribution in [3.63, 3.8) is 0 Å². The molecule has 1 atom stereocenters. The summed E-state index contributed by atoms with van der Waals surface area (Å²) in [5, 5.41) is 18.4. The lowest BCUT2D eigenvalue weighted by atomic mass is 10.0. The number of nitrogens with one attached hydrogen (secondary N) is 1. The summed E-state index contributed by atoms with van der Waals surface area (Å²) in [5.74, 6) is -0.101. The molecule has 0 unspecified atom stereocenters. The molecule has 0 radical (unpaired) electrons. The predicted octanol–water partition coefficient (Wildman–Crippen LogP) is 3.54. The summed E-state index contributed by atoms with van der Waals surface area (Å²) in [6.07, 6.45) is 1.01. The van der Waals surface area contributed by atoms with Gasteiger partial charge in [-0.25, -0.2) is 0 Å². The fourth-order valence-corrected chi connectivity index (χ4v) is 4.35. The van der Waals surface area contributed by atoms with Gasteiger partial charge in [0, 0.05) is 5.56 Å². The van der Waals surface area contributed by atoms with Gasteiger partial charge in [0.05, 0.1) is 10.4 Å². The molecule has 0 bridgehead atoms. The Balaban J connectivity index is 1.70. The first-order valence-corrected chi connectivity index (χ1v) is 10.2. The first kappa shape index (κ1) is 18.3. The molecule has 3 rings (SSSR count). The topological polar surface area (TPSA) is 69.5 Å². The standard InChI is InChI=1S/C20H19N3OS2/c1-2-14-5-7-15(8-6-14)19(17-4-3-10-25-17)22-13-18(24)23-20-16(12-21)9-11-26-20/h3-11,19,22H,2,13H2,1H3,(H,23,24)/p+1/t19-/m1/s1. The number of carbonyl (C=O) groups is 1. The van der Waals surface area contributed by atoms with Crippen LogP contribution in [0, 0.1) is 11.3 Å². The molecule has 0 aliphatic carbocycles. The highest BCUT2D eigenvalue weighted by atomic mass is 32.1. The van der Waals surface area contributed by atoms with Gasteiger partial charge in [0.2, 0.25) is 0 Å². The van der Waals surface area contributed by atoms with Crippen LogP contribution in [-0.4, -0.2) is 12.5 Å². The molecule has 1 amide bonds. The number of amides is 1. The molecule has 0 spiro atoms. The molecule has 132 valence electrons. The smallest absolute Gasteiger partial charge is 0.280 e. The van der Waals surface area contributed by atoms with Gasteiger partial charge in [-0.15, -0.1) is 22.7 Å². The van der Waals surface area contributed by atoms with Crippen LogP contribution in [0.15, 0.2) is 53.2 Å². The van der Waals surface area contributed by atoms with Crippen molar-refractivity contribution in [1.29, 1.82) is 5.26 Å². The van der Waals surface area contributed by atoms with Crippen LogP contribution in [0.25, 0.3) is 0 Å². The lowest BCUT2D eigenvalue weighted by Gasteiger charge is -2.15. The summed E-state index contributed by atoms with van der Waals surface area (Å²) in [6, 6.07) is 16.6. The maximum absolute atomic E-state index is 12.3. The molecule has 0 saturated heterocycles. The Morgan fingerprint density at radius 2 is 2.00 bits per heavy atom. The lowest BCUT2D eigenvalue weighted by Crippen LogP contribution is -2.87. The Labute approximate surface area is 161 Å². The number of quaternary nitrogens is 1. The maximum atomic E-state index is 12.3. The monoisotopic (exact) mass is 382 g/mol. The molecule has 4 nitrogen and oxygen atoms in total. The highest BCUT2D eigenvalue weighted by Gasteiger charge is 2.20. The normalized spacial score (nSPS) is 11.7. The first-order valence-electron chi connectivity index (χ1n) is 8.44. The number of aryl methyl sites for hydroxylation is 1. The number of thiophene rings is 2. The zero-order valence-electron chi connectivity index (χ0n) is 14.4. The van der Waals surface area contributed by atoms with Crippen LogP contribution in [0.2, 0.25) is 0 Å². The Morgan fingerprint density at radius 1 is 1.19 bits per heavy atom. The van der Waals surface area contributed by atoms with Gasteiger partial charge >= 0.3 is 0 Å². The lowest BCUT2D eigenvalue weighted by molar-refractivity contribution is -0.675. The second-order valence-electron chi connectivity index (χ2n) is 5.85. The van der Waals surface area contributed by atoms with Crippen molar-refractivity contribution < 1.29 is 10.1 Å². The molecule has 3 N–H and O–H groups in total. The van der Waals surface area contributed by atoms with Gasteiger partial charge in [-0.1, -0.05) is 37.3 Å². The molecule has 3 aromatic rings. The predicted molar refractivity (Wildman–Crippen MR) is 106 cm³/mol. The summed E-state index contributed by atoms with van der Waals surface area (Å²) in [7, 11) is 0. The third-order valence-electron chi connectivity index (χ3n) is 4.17. The second kappa shape index (κ2) is 8.77. The van der Waals surface area contributed by atoms with Crippen LogP contribution in [-0.2, 0) is 11.2 Å². The molecular weight excluding hydrogens is 362 g/mol. The minimum Gasteiger partial charge on any atom is -0.328 e. The summed E-state index contributed by atoms with van der Waals surface area (Å²) in [5.41, 5.74) is 3.00. The van der Waals surface area contributed by atoms with E-state index in [-0.39, 0.29) is 11.9 Å². The van der Waals surface area contributed by atoms with Crippen molar-refractivity contribution >= 4 is 33.6 Å².